The van der Waals surface area contributed by atoms with E-state index in [0.717, 1.165) is 0 Å². The van der Waals surface area contributed by atoms with Gasteiger partial charge in [0.25, 0.3) is 0 Å². The molecule has 1 aliphatic carbocycles. The van der Waals surface area contributed by atoms with Crippen LogP contribution in [-0.4, -0.2) is 63.7 Å². The fourth-order valence-electron chi connectivity index (χ4n) is 4.64. The number of hydrogen-bond acceptors (Lipinski definition) is 7. The summed E-state index contributed by atoms with van der Waals surface area (Å²) in [5.74, 6) is 4.82. The van der Waals surface area contributed by atoms with Crippen molar-refractivity contribution in [1.29, 1.82) is 0 Å². The van der Waals surface area contributed by atoms with Gasteiger partial charge in [0.1, 0.15) is 18.0 Å². The van der Waals surface area contributed by atoms with Crippen LogP contribution in [0.1, 0.15) is 23.4 Å². The summed E-state index contributed by atoms with van der Waals surface area (Å²) in [6, 6.07) is 4.24. The molecule has 36 heavy (non-hydrogen) atoms. The molecule has 3 atom stereocenters. The Bertz CT molecular complexity index is 1310. The second-order valence-corrected chi connectivity index (χ2v) is 10.6. The van der Waals surface area contributed by atoms with Crippen LogP contribution in [0.15, 0.2) is 47.7 Å². The summed E-state index contributed by atoms with van der Waals surface area (Å²) in [5, 5.41) is 0.532. The van der Waals surface area contributed by atoms with Gasteiger partial charge in [-0.3, -0.25) is 4.79 Å². The summed E-state index contributed by atoms with van der Waals surface area (Å²) >= 11 is 7.08. The van der Waals surface area contributed by atoms with E-state index >= 15 is 4.39 Å². The van der Waals surface area contributed by atoms with E-state index in [9.17, 15) is 9.18 Å². The van der Waals surface area contributed by atoms with Gasteiger partial charge in [-0.25, -0.2) is 23.7 Å². The first-order valence-corrected chi connectivity index (χ1v) is 12.5. The lowest BCUT2D eigenvalue weighted by atomic mass is 9.84. The quantitative estimate of drug-likeness (QED) is 0.483. The molecule has 3 aliphatic rings. The van der Waals surface area contributed by atoms with Gasteiger partial charge in [0.05, 0.1) is 30.6 Å². The smallest absolute Gasteiger partial charge is 0.246 e. The van der Waals surface area contributed by atoms with Crippen molar-refractivity contribution < 1.29 is 18.3 Å². The molecular formula is C25H22ClF2N5O2S. The summed E-state index contributed by atoms with van der Waals surface area (Å²) in [6.45, 7) is 1.08. The highest BCUT2D eigenvalue weighted by Crippen LogP contribution is 2.66. The Balaban J connectivity index is 1.44. The van der Waals surface area contributed by atoms with E-state index in [1.807, 2.05) is 0 Å². The minimum absolute atomic E-state index is 0.0804. The number of fused-ring (bicyclic) bond motifs is 1. The summed E-state index contributed by atoms with van der Waals surface area (Å²) in [4.78, 5) is 26.8. The molecule has 1 amide bonds. The van der Waals surface area contributed by atoms with Gasteiger partial charge in [-0.05, 0) is 30.5 Å². The average molecular weight is 530 g/mol. The molecule has 2 fully saturated rings. The third kappa shape index (κ3) is 4.71. The Morgan fingerprint density at radius 2 is 2.06 bits per heavy atom. The Labute approximate surface area is 216 Å². The van der Waals surface area contributed by atoms with Crippen LogP contribution in [0, 0.1) is 23.6 Å². The molecule has 0 radical (unpaired) electrons. The van der Waals surface area contributed by atoms with Gasteiger partial charge in [-0.15, -0.1) is 0 Å². The minimum atomic E-state index is -1.51. The lowest BCUT2D eigenvalue weighted by Crippen LogP contribution is -2.41. The number of aromatic nitrogens is 2. The van der Waals surface area contributed by atoms with Gasteiger partial charge in [0.15, 0.2) is 5.17 Å². The maximum absolute atomic E-state index is 15.1. The minimum Gasteiger partial charge on any atom is -0.378 e. The Morgan fingerprint density at radius 1 is 1.31 bits per heavy atom. The van der Waals surface area contributed by atoms with E-state index in [1.165, 1.54) is 48.4 Å². The maximum Gasteiger partial charge on any atom is 0.246 e. The number of rotatable bonds is 4. The second kappa shape index (κ2) is 9.81. The fraction of sp³-hybridized carbons (Fsp3) is 0.360. The van der Waals surface area contributed by atoms with E-state index in [-0.39, 0.29) is 28.4 Å². The van der Waals surface area contributed by atoms with Crippen LogP contribution in [0.25, 0.3) is 0 Å². The number of hydrogen-bond donors (Lipinski definition) is 1. The van der Waals surface area contributed by atoms with E-state index < -0.39 is 22.8 Å². The van der Waals surface area contributed by atoms with Crippen molar-refractivity contribution in [1.82, 2.24) is 14.9 Å². The van der Waals surface area contributed by atoms with Crippen molar-refractivity contribution in [3.05, 3.63) is 70.5 Å². The number of ether oxygens (including phenoxy) is 1. The van der Waals surface area contributed by atoms with Crippen LogP contribution in [-0.2, 0) is 15.1 Å². The summed E-state index contributed by atoms with van der Waals surface area (Å²) in [6.07, 6.45) is 6.63. The van der Waals surface area contributed by atoms with Crippen molar-refractivity contribution in [2.75, 3.05) is 33.0 Å². The maximum atomic E-state index is 15.1. The lowest BCUT2D eigenvalue weighted by molar-refractivity contribution is -0.130. The summed E-state index contributed by atoms with van der Waals surface area (Å²) in [7, 11) is 0. The topological polar surface area (TPSA) is 93.7 Å². The molecular weight excluding hydrogens is 508 g/mol. The number of aliphatic imine (C=N–C) groups is 1. The number of nitrogens with two attached hydrogens (primary N) is 1. The van der Waals surface area contributed by atoms with Crippen molar-refractivity contribution in [3.8, 4) is 11.8 Å². The zero-order valence-electron chi connectivity index (χ0n) is 19.1. The van der Waals surface area contributed by atoms with Gasteiger partial charge in [0, 0.05) is 41.0 Å². The van der Waals surface area contributed by atoms with Crippen LogP contribution in [0.2, 0.25) is 5.02 Å². The molecule has 2 aliphatic heterocycles. The number of benzene rings is 1. The predicted octanol–water partition coefficient (Wildman–Crippen LogP) is 3.07. The van der Waals surface area contributed by atoms with Crippen LogP contribution >= 0.6 is 23.4 Å². The second-order valence-electron chi connectivity index (χ2n) is 8.76. The number of thioether (sulfide) groups is 1. The van der Waals surface area contributed by atoms with Gasteiger partial charge in [-0.2, -0.15) is 0 Å². The van der Waals surface area contributed by atoms with Crippen LogP contribution in [0.5, 0.6) is 0 Å². The van der Waals surface area contributed by atoms with Crippen molar-refractivity contribution >= 4 is 34.4 Å². The SMILES string of the molecule is NC1=N[C@](CF)(c2cc(C#Cc3ncc(Cl)cn3)ccc2F)[C@@H]2C[C@]2(/C=C/C(=O)N2CCOCC2)S1. The van der Waals surface area contributed by atoms with E-state index in [2.05, 4.69) is 26.8 Å². The molecule has 186 valence electrons. The number of morpholine rings is 1. The predicted molar refractivity (Wildman–Crippen MR) is 134 cm³/mol. The summed E-state index contributed by atoms with van der Waals surface area (Å²) < 4.78 is 34.6. The Hall–Kier alpha value is -3.00. The molecule has 3 heterocycles. The van der Waals surface area contributed by atoms with E-state index in [1.54, 1.807) is 11.0 Å². The molecule has 5 rings (SSSR count). The fourth-order valence-corrected chi connectivity index (χ4v) is 6.06. The first kappa shape index (κ1) is 24.7. The Morgan fingerprint density at radius 3 is 2.78 bits per heavy atom. The summed E-state index contributed by atoms with van der Waals surface area (Å²) in [5.41, 5.74) is 5.15. The van der Waals surface area contributed by atoms with Crippen LogP contribution in [0.3, 0.4) is 0 Å². The number of amidine groups is 1. The van der Waals surface area contributed by atoms with Crippen LogP contribution < -0.4 is 5.73 Å². The van der Waals surface area contributed by atoms with Gasteiger partial charge in [-0.1, -0.05) is 35.4 Å². The Kier molecular flexibility index (Phi) is 6.72. The van der Waals surface area contributed by atoms with E-state index in [4.69, 9.17) is 22.1 Å². The van der Waals surface area contributed by atoms with Gasteiger partial charge >= 0.3 is 0 Å². The highest BCUT2D eigenvalue weighted by molar-refractivity contribution is 8.15. The molecule has 0 spiro atoms. The largest absolute Gasteiger partial charge is 0.378 e. The highest BCUT2D eigenvalue weighted by Gasteiger charge is 2.67. The molecule has 11 heteroatoms. The molecule has 7 nitrogen and oxygen atoms in total. The van der Waals surface area contributed by atoms with E-state index in [0.29, 0.717) is 43.3 Å². The van der Waals surface area contributed by atoms with Crippen molar-refractivity contribution in [2.45, 2.75) is 16.7 Å². The molecule has 1 saturated carbocycles. The molecule has 2 N–H and O–H groups in total. The van der Waals surface area contributed by atoms with Crippen molar-refractivity contribution in [3.63, 3.8) is 0 Å². The zero-order chi connectivity index (χ0) is 25.3. The monoisotopic (exact) mass is 529 g/mol. The molecule has 1 aromatic carbocycles. The van der Waals surface area contributed by atoms with Gasteiger partial charge in [0.2, 0.25) is 11.7 Å². The van der Waals surface area contributed by atoms with Crippen LogP contribution in [0.4, 0.5) is 8.78 Å². The standard InChI is InChI=1S/C25H22ClF2N5O2S/c26-17-13-30-21(31-14-17)4-2-16-1-3-19(28)18(11-16)25(15-27)20-12-24(20,36-23(29)32-25)6-5-22(34)33-7-9-35-10-8-33/h1,3,5-6,11,13-14,20H,7-10,12,15H2,(H2,29,32)/b6-5+/t20-,24+,25-/m1/s1. The molecule has 0 unspecified atom stereocenters. The first-order valence-electron chi connectivity index (χ1n) is 11.3. The normalized spacial score (nSPS) is 27.1. The first-order chi connectivity index (χ1) is 17.3. The molecule has 0 bridgehead atoms. The van der Waals surface area contributed by atoms with Gasteiger partial charge < -0.3 is 15.4 Å². The molecule has 2 aromatic rings. The lowest BCUT2D eigenvalue weighted by Gasteiger charge is -2.34. The highest BCUT2D eigenvalue weighted by atomic mass is 35.5. The average Bonchev–Trinajstić information content (AvgIpc) is 3.62. The van der Waals surface area contributed by atoms with Crippen molar-refractivity contribution in [2.24, 2.45) is 16.6 Å². The molecule has 1 aromatic heterocycles. The molecule has 1 saturated heterocycles. The number of carbonyl (C=O) groups excluding carboxylic acids is 1. The zero-order valence-corrected chi connectivity index (χ0v) is 20.7. The number of halogens is 3. The number of carbonyl (C=O) groups is 1. The number of alkyl halides is 1. The third-order valence-corrected chi connectivity index (χ3v) is 8.00. The third-order valence-electron chi connectivity index (χ3n) is 6.54. The number of amides is 1. The number of nitrogens with zero attached hydrogens (tertiary/aromatic N) is 4.